The SMILES string of the molecule is CC1(C)c2ccccc2-c2cc3c4ccccc4n(-c4ccc(-c5nc(-c6ccc(-c7ccccc7)cc6)nc(-c6ccc7c(c6)oc6ccccc67)n5)cc4)c3cc21. The summed E-state index contributed by atoms with van der Waals surface area (Å²) in [6.45, 7) is 4.68. The molecule has 0 spiro atoms. The third-order valence-electron chi connectivity index (χ3n) is 12.3. The van der Waals surface area contributed by atoms with E-state index in [1.165, 1.54) is 44.1 Å². The molecule has 0 radical (unpaired) electrons. The molecule has 5 heteroatoms. The zero-order valence-corrected chi connectivity index (χ0v) is 32.5. The van der Waals surface area contributed by atoms with Crippen molar-refractivity contribution >= 4 is 43.7 Å². The second-order valence-electron chi connectivity index (χ2n) is 16.0. The molecule has 12 rings (SSSR count). The van der Waals surface area contributed by atoms with Crippen LogP contribution in [0.2, 0.25) is 0 Å². The Labute approximate surface area is 340 Å². The van der Waals surface area contributed by atoms with Crippen LogP contribution < -0.4 is 0 Å². The third-order valence-corrected chi connectivity index (χ3v) is 12.3. The maximum atomic E-state index is 6.29. The average Bonchev–Trinajstić information content (AvgIpc) is 3.91. The molecule has 0 saturated heterocycles. The summed E-state index contributed by atoms with van der Waals surface area (Å²) in [5.41, 5.74) is 15.4. The maximum Gasteiger partial charge on any atom is 0.164 e. The molecule has 11 aromatic rings. The zero-order valence-electron chi connectivity index (χ0n) is 32.5. The number of nitrogens with zero attached hydrogens (tertiary/aromatic N) is 4. The van der Waals surface area contributed by atoms with Gasteiger partial charge in [0, 0.05) is 49.3 Å². The van der Waals surface area contributed by atoms with Gasteiger partial charge in [0.15, 0.2) is 17.5 Å². The van der Waals surface area contributed by atoms with Crippen LogP contribution in [-0.2, 0) is 5.41 Å². The summed E-state index contributed by atoms with van der Waals surface area (Å²) in [4.78, 5) is 15.3. The molecule has 5 nitrogen and oxygen atoms in total. The number of hydrogen-bond donors (Lipinski definition) is 0. The normalized spacial score (nSPS) is 13.1. The van der Waals surface area contributed by atoms with Crippen LogP contribution in [0.4, 0.5) is 0 Å². The van der Waals surface area contributed by atoms with Crippen LogP contribution in [0.5, 0.6) is 0 Å². The van der Waals surface area contributed by atoms with Gasteiger partial charge in [0.1, 0.15) is 11.2 Å². The van der Waals surface area contributed by atoms with Crippen LogP contribution in [0.3, 0.4) is 0 Å². The molecule has 0 unspecified atom stereocenters. The Morgan fingerprint density at radius 3 is 1.75 bits per heavy atom. The Morgan fingerprint density at radius 2 is 0.966 bits per heavy atom. The van der Waals surface area contributed by atoms with E-state index in [2.05, 4.69) is 170 Å². The Morgan fingerprint density at radius 1 is 0.390 bits per heavy atom. The van der Waals surface area contributed by atoms with Crippen molar-refractivity contribution in [3.63, 3.8) is 0 Å². The summed E-state index contributed by atoms with van der Waals surface area (Å²) in [6, 6.07) is 64.2. The zero-order chi connectivity index (χ0) is 39.2. The first-order chi connectivity index (χ1) is 29.0. The standard InChI is InChI=1S/C54H36N4O/c1-54(2)45-17-9-6-14-39(45)43-31-44-40-15-7-10-18-47(40)58(48(44)32-46(43)54)38-27-24-36(25-28-38)52-55-51(35-22-20-34(21-23-35)33-12-4-3-5-13-33)56-53(57-52)37-26-29-42-41-16-8-11-19-49(41)59-50(42)30-37/h3-32H,1-2H3. The van der Waals surface area contributed by atoms with E-state index in [0.717, 1.165) is 55.4 Å². The van der Waals surface area contributed by atoms with Crippen LogP contribution in [0.1, 0.15) is 25.0 Å². The van der Waals surface area contributed by atoms with Crippen LogP contribution in [0.25, 0.3) is 106 Å². The van der Waals surface area contributed by atoms with Crippen molar-refractivity contribution in [3.8, 4) is 62.1 Å². The lowest BCUT2D eigenvalue weighted by molar-refractivity contribution is 0.661. The highest BCUT2D eigenvalue weighted by molar-refractivity contribution is 6.12. The van der Waals surface area contributed by atoms with Crippen LogP contribution >= 0.6 is 0 Å². The van der Waals surface area contributed by atoms with E-state index in [1.807, 2.05) is 30.3 Å². The van der Waals surface area contributed by atoms with Gasteiger partial charge in [0.05, 0.1) is 11.0 Å². The van der Waals surface area contributed by atoms with E-state index in [9.17, 15) is 0 Å². The van der Waals surface area contributed by atoms with Gasteiger partial charge in [0.2, 0.25) is 0 Å². The van der Waals surface area contributed by atoms with E-state index >= 15 is 0 Å². The van der Waals surface area contributed by atoms with Gasteiger partial charge in [-0.1, -0.05) is 135 Å². The van der Waals surface area contributed by atoms with E-state index < -0.39 is 0 Å². The third kappa shape index (κ3) is 5.21. The molecular formula is C54H36N4O. The summed E-state index contributed by atoms with van der Waals surface area (Å²) in [5, 5.41) is 4.64. The number of fused-ring (bicyclic) bond motifs is 9. The highest BCUT2D eigenvalue weighted by Gasteiger charge is 2.36. The Kier molecular flexibility index (Phi) is 7.20. The molecule has 1 aliphatic rings. The molecule has 0 saturated carbocycles. The Hall–Kier alpha value is -7.63. The number of aromatic nitrogens is 4. The lowest BCUT2D eigenvalue weighted by Crippen LogP contribution is -2.14. The minimum Gasteiger partial charge on any atom is -0.456 e. The second-order valence-corrected chi connectivity index (χ2v) is 16.0. The molecule has 0 aliphatic heterocycles. The minimum absolute atomic E-state index is 0.101. The maximum absolute atomic E-state index is 6.29. The summed E-state index contributed by atoms with van der Waals surface area (Å²) in [6.07, 6.45) is 0. The fourth-order valence-corrected chi connectivity index (χ4v) is 9.27. The minimum atomic E-state index is -0.101. The van der Waals surface area contributed by atoms with E-state index in [-0.39, 0.29) is 5.41 Å². The Balaban J connectivity index is 0.990. The molecule has 0 amide bonds. The monoisotopic (exact) mass is 756 g/mol. The number of benzene rings is 8. The smallest absolute Gasteiger partial charge is 0.164 e. The fraction of sp³-hybridized carbons (Fsp3) is 0.0556. The highest BCUT2D eigenvalue weighted by atomic mass is 16.3. The second kappa shape index (κ2) is 12.7. The van der Waals surface area contributed by atoms with Crippen molar-refractivity contribution in [2.45, 2.75) is 19.3 Å². The molecular weight excluding hydrogens is 721 g/mol. The van der Waals surface area contributed by atoms with Gasteiger partial charge in [-0.25, -0.2) is 15.0 Å². The summed E-state index contributed by atoms with van der Waals surface area (Å²) in [5.74, 6) is 1.80. The summed E-state index contributed by atoms with van der Waals surface area (Å²) < 4.78 is 8.69. The summed E-state index contributed by atoms with van der Waals surface area (Å²) in [7, 11) is 0. The quantitative estimate of drug-likeness (QED) is 0.175. The first-order valence-corrected chi connectivity index (χ1v) is 20.1. The molecule has 3 aromatic heterocycles. The molecule has 0 fully saturated rings. The average molecular weight is 757 g/mol. The van der Waals surface area contributed by atoms with Gasteiger partial charge in [-0.05, 0) is 94.0 Å². The molecule has 8 aromatic carbocycles. The van der Waals surface area contributed by atoms with E-state index in [1.54, 1.807) is 0 Å². The van der Waals surface area contributed by atoms with Crippen molar-refractivity contribution in [3.05, 3.63) is 193 Å². The molecule has 278 valence electrons. The van der Waals surface area contributed by atoms with E-state index in [0.29, 0.717) is 17.5 Å². The van der Waals surface area contributed by atoms with Gasteiger partial charge in [0.25, 0.3) is 0 Å². The summed E-state index contributed by atoms with van der Waals surface area (Å²) >= 11 is 0. The van der Waals surface area contributed by atoms with Crippen LogP contribution in [0, 0.1) is 0 Å². The number of rotatable bonds is 5. The number of hydrogen-bond acceptors (Lipinski definition) is 4. The van der Waals surface area contributed by atoms with Crippen LogP contribution in [-0.4, -0.2) is 19.5 Å². The topological polar surface area (TPSA) is 56.7 Å². The predicted molar refractivity (Wildman–Crippen MR) is 241 cm³/mol. The fourth-order valence-electron chi connectivity index (χ4n) is 9.27. The van der Waals surface area contributed by atoms with Crippen LogP contribution in [0.15, 0.2) is 186 Å². The number of para-hydroxylation sites is 2. The van der Waals surface area contributed by atoms with E-state index in [4.69, 9.17) is 19.4 Å². The van der Waals surface area contributed by atoms with Crippen molar-refractivity contribution in [1.29, 1.82) is 0 Å². The molecule has 0 bridgehead atoms. The number of furan rings is 1. The molecule has 3 heterocycles. The predicted octanol–water partition coefficient (Wildman–Crippen LogP) is 13.8. The highest BCUT2D eigenvalue weighted by Crippen LogP contribution is 2.51. The molecule has 0 N–H and O–H groups in total. The van der Waals surface area contributed by atoms with Gasteiger partial charge < -0.3 is 8.98 Å². The molecule has 59 heavy (non-hydrogen) atoms. The van der Waals surface area contributed by atoms with Gasteiger partial charge in [-0.2, -0.15) is 0 Å². The van der Waals surface area contributed by atoms with Gasteiger partial charge >= 0.3 is 0 Å². The van der Waals surface area contributed by atoms with Gasteiger partial charge in [-0.3, -0.25) is 0 Å². The largest absolute Gasteiger partial charge is 0.456 e. The van der Waals surface area contributed by atoms with Crippen molar-refractivity contribution in [2.24, 2.45) is 0 Å². The molecule has 1 aliphatic carbocycles. The lowest BCUT2D eigenvalue weighted by atomic mass is 9.82. The van der Waals surface area contributed by atoms with Gasteiger partial charge in [-0.15, -0.1) is 0 Å². The first kappa shape index (κ1) is 33.5. The van der Waals surface area contributed by atoms with Crippen molar-refractivity contribution in [2.75, 3.05) is 0 Å². The van der Waals surface area contributed by atoms with Crippen molar-refractivity contribution < 1.29 is 4.42 Å². The first-order valence-electron chi connectivity index (χ1n) is 20.1. The molecule has 0 atom stereocenters. The van der Waals surface area contributed by atoms with Crippen molar-refractivity contribution in [1.82, 2.24) is 19.5 Å². The lowest BCUT2D eigenvalue weighted by Gasteiger charge is -2.21. The Bertz CT molecular complexity index is 3450.